The van der Waals surface area contributed by atoms with Gasteiger partial charge in [0, 0.05) is 36.4 Å². The number of fused-ring (bicyclic) bond motifs is 2. The molecule has 40 heavy (non-hydrogen) atoms. The van der Waals surface area contributed by atoms with Crippen LogP contribution < -0.4 is 20.3 Å². The van der Waals surface area contributed by atoms with Gasteiger partial charge in [0.15, 0.2) is 0 Å². The van der Waals surface area contributed by atoms with E-state index in [2.05, 4.69) is 16.0 Å². The van der Waals surface area contributed by atoms with Crippen LogP contribution in [0.25, 0.3) is 0 Å². The van der Waals surface area contributed by atoms with Gasteiger partial charge in [-0.15, -0.1) is 23.2 Å². The lowest BCUT2D eigenvalue weighted by Gasteiger charge is -2.47. The van der Waals surface area contributed by atoms with Gasteiger partial charge in [-0.3, -0.25) is 18.2 Å². The molecule has 6 N–H and O–H groups in total. The Balaban J connectivity index is 0.00000370. The third-order valence-electron chi connectivity index (χ3n) is 8.74. The number of aliphatic hydroxyl groups excluding tert-OH is 1. The Hall–Kier alpha value is -2.01. The fourth-order valence-electron chi connectivity index (χ4n) is 6.60. The average molecular weight is 593 g/mol. The topological polar surface area (TPSA) is 117 Å². The van der Waals surface area contributed by atoms with Crippen LogP contribution >= 0.6 is 23.2 Å². The summed E-state index contributed by atoms with van der Waals surface area (Å²) in [6, 6.07) is 14.8. The molecule has 10 heteroatoms. The van der Waals surface area contributed by atoms with E-state index in [1.807, 2.05) is 43.3 Å². The molecular weight excluding hydrogens is 548 g/mol. The van der Waals surface area contributed by atoms with Crippen LogP contribution in [0.15, 0.2) is 48.5 Å². The molecule has 222 valence electrons. The molecule has 2 atom stereocenters. The van der Waals surface area contributed by atoms with E-state index in [0.717, 1.165) is 42.9 Å². The Morgan fingerprint density at radius 2 is 1.88 bits per heavy atom. The molecule has 3 fully saturated rings. The number of aliphatic hydroxyl groups is 1. The first-order valence-corrected chi connectivity index (χ1v) is 16.1. The van der Waals surface area contributed by atoms with Gasteiger partial charge in [-0.05, 0) is 88.0 Å². The van der Waals surface area contributed by atoms with Crippen LogP contribution in [0, 0.1) is 5.92 Å². The van der Waals surface area contributed by atoms with Crippen LogP contribution in [0.3, 0.4) is 0 Å². The molecular formula is C30H45ClN4O4S. The van der Waals surface area contributed by atoms with Gasteiger partial charge < -0.3 is 21.1 Å². The maximum Gasteiger partial charge on any atom is 0.251 e. The fraction of sp³-hybridized carbons (Fsp3) is 0.567. The summed E-state index contributed by atoms with van der Waals surface area (Å²) >= 11 is 0. The van der Waals surface area contributed by atoms with E-state index in [1.165, 1.54) is 19.3 Å². The molecule has 1 saturated heterocycles. The number of hydrogen-bond acceptors (Lipinski definition) is 7. The van der Waals surface area contributed by atoms with Gasteiger partial charge in [0.1, 0.15) is 0 Å². The molecule has 3 aliphatic rings. The summed E-state index contributed by atoms with van der Waals surface area (Å²) in [6.45, 7) is 3.62. The molecule has 1 heterocycles. The number of hydrogen-bond donors (Lipinski definition) is 6. The molecule has 2 bridgehead atoms. The number of β-amino-alcohol motifs (C(OH)–C–C–N with tert-alkyl or cyclic N) is 1. The fourth-order valence-corrected chi connectivity index (χ4v) is 8.28. The van der Waals surface area contributed by atoms with Crippen molar-refractivity contribution in [2.24, 2.45) is 5.92 Å². The van der Waals surface area contributed by atoms with Gasteiger partial charge in [-0.1, -0.05) is 30.3 Å². The first kappa shape index (κ1) is 30.9. The standard InChI is InChI=1S/C30H44N4O4S.ClH/c1-2-31-25-17-24(18-26(19-25)34-14-6-7-15-39(34,37)38)29(36)33-27(16-22-8-4-3-5-9-22)28(35)21-32-30-12-10-23(20-30)11-13-30;/h3-5,8-9,17-19,23,27-28,31-32,35,37-38H,2,6-7,10-16,20-21H2,1H3,(H,33,36);1H/t23?,27-,28-,30?;/m0./s1. The second-order valence-corrected chi connectivity index (χ2v) is 13.7. The maximum absolute atomic E-state index is 13.7. The van der Waals surface area contributed by atoms with Crippen molar-refractivity contribution in [2.45, 2.75) is 76.0 Å². The lowest BCUT2D eigenvalue weighted by atomic mass is 9.93. The zero-order chi connectivity index (χ0) is 27.5. The van der Waals surface area contributed by atoms with Crippen molar-refractivity contribution >= 4 is 40.5 Å². The van der Waals surface area contributed by atoms with Gasteiger partial charge >= 0.3 is 0 Å². The molecule has 5 rings (SSSR count). The smallest absolute Gasteiger partial charge is 0.251 e. The van der Waals surface area contributed by atoms with E-state index < -0.39 is 22.9 Å². The van der Waals surface area contributed by atoms with Crippen molar-refractivity contribution in [3.05, 3.63) is 59.7 Å². The SMILES string of the molecule is CCNc1cc(C(=O)N[C@@H](Cc2ccccc2)[C@@H](O)CNC23CCC(CC2)C3)cc(N2CCCCS2(O)O)c1.Cl. The highest BCUT2D eigenvalue weighted by molar-refractivity contribution is 8.25. The third-order valence-corrected chi connectivity index (χ3v) is 10.7. The number of nitrogens with one attached hydrogen (secondary N) is 3. The number of rotatable bonds is 11. The number of carbonyl (C=O) groups is 1. The minimum absolute atomic E-state index is 0. The third kappa shape index (κ3) is 7.24. The number of carbonyl (C=O) groups excluding carboxylic acids is 1. The van der Waals surface area contributed by atoms with Gasteiger partial charge in [0.05, 0.1) is 23.6 Å². The lowest BCUT2D eigenvalue weighted by molar-refractivity contribution is 0.0808. The zero-order valence-electron chi connectivity index (χ0n) is 23.3. The van der Waals surface area contributed by atoms with Crippen molar-refractivity contribution in [1.29, 1.82) is 0 Å². The number of benzene rings is 2. The van der Waals surface area contributed by atoms with Gasteiger partial charge in [-0.2, -0.15) is 0 Å². The van der Waals surface area contributed by atoms with Crippen molar-refractivity contribution in [3.8, 4) is 0 Å². The molecule has 2 saturated carbocycles. The van der Waals surface area contributed by atoms with Crippen molar-refractivity contribution in [1.82, 2.24) is 10.6 Å². The van der Waals surface area contributed by atoms with E-state index in [4.69, 9.17) is 0 Å². The first-order valence-electron chi connectivity index (χ1n) is 14.5. The molecule has 8 nitrogen and oxygen atoms in total. The van der Waals surface area contributed by atoms with Crippen LogP contribution in [-0.2, 0) is 6.42 Å². The van der Waals surface area contributed by atoms with Gasteiger partial charge in [0.2, 0.25) is 0 Å². The number of amides is 1. The summed E-state index contributed by atoms with van der Waals surface area (Å²) in [7, 11) is -2.92. The maximum atomic E-state index is 13.7. The molecule has 2 aromatic rings. The summed E-state index contributed by atoms with van der Waals surface area (Å²) < 4.78 is 23.1. The van der Waals surface area contributed by atoms with E-state index in [9.17, 15) is 19.0 Å². The summed E-state index contributed by atoms with van der Waals surface area (Å²) in [4.78, 5) is 13.7. The monoisotopic (exact) mass is 592 g/mol. The van der Waals surface area contributed by atoms with Crippen molar-refractivity contribution in [3.63, 3.8) is 0 Å². The van der Waals surface area contributed by atoms with Crippen LogP contribution in [-0.4, -0.2) is 63.2 Å². The summed E-state index contributed by atoms with van der Waals surface area (Å²) in [5, 5.41) is 21.4. The first-order chi connectivity index (χ1) is 18.8. The second kappa shape index (κ2) is 13.3. The molecule has 2 aromatic carbocycles. The van der Waals surface area contributed by atoms with Crippen molar-refractivity contribution < 1.29 is 19.0 Å². The molecule has 1 aliphatic heterocycles. The lowest BCUT2D eigenvalue weighted by Crippen LogP contribution is -2.52. The molecule has 0 aromatic heterocycles. The summed E-state index contributed by atoms with van der Waals surface area (Å²) in [5.41, 5.74) is 2.98. The predicted octanol–water partition coefficient (Wildman–Crippen LogP) is 5.43. The van der Waals surface area contributed by atoms with E-state index in [-0.39, 0.29) is 23.9 Å². The number of halogens is 1. The van der Waals surface area contributed by atoms with Crippen LogP contribution in [0.1, 0.15) is 67.8 Å². The van der Waals surface area contributed by atoms with Gasteiger partial charge in [0.25, 0.3) is 5.91 Å². The largest absolute Gasteiger partial charge is 0.390 e. The quantitative estimate of drug-likeness (QED) is 0.206. The molecule has 1 amide bonds. The minimum Gasteiger partial charge on any atom is -0.390 e. The normalized spacial score (nSPS) is 25.5. The Labute approximate surface area is 246 Å². The summed E-state index contributed by atoms with van der Waals surface area (Å²) in [5.74, 6) is 0.857. The zero-order valence-corrected chi connectivity index (χ0v) is 25.0. The van der Waals surface area contributed by atoms with Crippen LogP contribution in [0.4, 0.5) is 11.4 Å². The number of nitrogens with zero attached hydrogens (tertiary/aromatic N) is 1. The van der Waals surface area contributed by atoms with Crippen molar-refractivity contribution in [2.75, 3.05) is 35.0 Å². The second-order valence-electron chi connectivity index (χ2n) is 11.6. The number of anilines is 2. The van der Waals surface area contributed by atoms with E-state index in [1.54, 1.807) is 16.4 Å². The Bertz CT molecular complexity index is 1130. The molecule has 0 radical (unpaired) electrons. The Morgan fingerprint density at radius 3 is 2.52 bits per heavy atom. The molecule has 0 spiro atoms. The Kier molecular flexibility index (Phi) is 10.3. The van der Waals surface area contributed by atoms with Crippen LogP contribution in [0.2, 0.25) is 0 Å². The predicted molar refractivity (Wildman–Crippen MR) is 167 cm³/mol. The highest BCUT2D eigenvalue weighted by Crippen LogP contribution is 2.50. The summed E-state index contributed by atoms with van der Waals surface area (Å²) in [6.07, 6.45) is 7.43. The molecule has 2 aliphatic carbocycles. The van der Waals surface area contributed by atoms with Crippen LogP contribution in [0.5, 0.6) is 0 Å². The molecule has 0 unspecified atom stereocenters. The Morgan fingerprint density at radius 1 is 1.12 bits per heavy atom. The highest BCUT2D eigenvalue weighted by Gasteiger charge is 2.44. The van der Waals surface area contributed by atoms with E-state index in [0.29, 0.717) is 43.1 Å². The van der Waals surface area contributed by atoms with Gasteiger partial charge in [-0.25, -0.2) is 0 Å². The highest BCUT2D eigenvalue weighted by atomic mass is 35.5. The minimum atomic E-state index is -2.92. The average Bonchev–Trinajstić information content (AvgIpc) is 3.53. The van der Waals surface area contributed by atoms with E-state index >= 15 is 0 Å².